The fourth-order valence-corrected chi connectivity index (χ4v) is 2.62. The predicted molar refractivity (Wildman–Crippen MR) is 80.8 cm³/mol. The Hall–Kier alpha value is -1.65. The smallest absolute Gasteiger partial charge is 0.243 e. The van der Waals surface area contributed by atoms with Crippen molar-refractivity contribution >= 4 is 34.0 Å². The van der Waals surface area contributed by atoms with Crippen molar-refractivity contribution in [1.29, 1.82) is 0 Å². The highest BCUT2D eigenvalue weighted by molar-refractivity contribution is 7.14. The van der Waals surface area contributed by atoms with Gasteiger partial charge in [0.2, 0.25) is 5.91 Å². The molecule has 0 aliphatic rings. The van der Waals surface area contributed by atoms with Crippen LogP contribution >= 0.6 is 22.9 Å². The Labute approximate surface area is 121 Å². The summed E-state index contributed by atoms with van der Waals surface area (Å²) in [6.45, 7) is 4.06. The minimum atomic E-state index is -0.171. The van der Waals surface area contributed by atoms with E-state index in [4.69, 9.17) is 11.6 Å². The zero-order valence-corrected chi connectivity index (χ0v) is 11.8. The van der Waals surface area contributed by atoms with Crippen LogP contribution in [0.5, 0.6) is 0 Å². The van der Waals surface area contributed by atoms with Gasteiger partial charge in [0.25, 0.3) is 0 Å². The maximum absolute atomic E-state index is 11.8. The number of rotatable bonds is 5. The summed E-state index contributed by atoms with van der Waals surface area (Å²) < 4.78 is 0. The Morgan fingerprint density at radius 1 is 1.42 bits per heavy atom. The van der Waals surface area contributed by atoms with Crippen molar-refractivity contribution in [3.8, 4) is 11.3 Å². The molecule has 0 aliphatic carbocycles. The zero-order valence-electron chi connectivity index (χ0n) is 10.3. The minimum absolute atomic E-state index is 0.0614. The lowest BCUT2D eigenvalue weighted by atomic mass is 10.2. The van der Waals surface area contributed by atoms with Gasteiger partial charge < -0.3 is 0 Å². The Kier molecular flexibility index (Phi) is 4.71. The van der Waals surface area contributed by atoms with Crippen LogP contribution in [0.1, 0.15) is 0 Å². The van der Waals surface area contributed by atoms with E-state index in [9.17, 15) is 4.79 Å². The summed E-state index contributed by atoms with van der Waals surface area (Å²) in [4.78, 5) is 17.8. The lowest BCUT2D eigenvalue weighted by molar-refractivity contribution is -0.116. The van der Waals surface area contributed by atoms with E-state index in [-0.39, 0.29) is 11.8 Å². The van der Waals surface area contributed by atoms with Crippen molar-refractivity contribution in [2.24, 2.45) is 0 Å². The molecule has 1 amide bonds. The molecule has 0 radical (unpaired) electrons. The number of nitrogens with zero attached hydrogens (tertiary/aromatic N) is 2. The lowest BCUT2D eigenvalue weighted by Gasteiger charge is -2.16. The van der Waals surface area contributed by atoms with Gasteiger partial charge in [-0.25, -0.2) is 4.98 Å². The SMILES string of the molecule is C=CCN(C(=O)CCl)c1nc(-c2ccccc2)cs1. The molecule has 0 spiro atoms. The van der Waals surface area contributed by atoms with Crippen LogP contribution in [-0.2, 0) is 4.79 Å². The van der Waals surface area contributed by atoms with Crippen LogP contribution in [0.15, 0.2) is 48.4 Å². The van der Waals surface area contributed by atoms with Crippen molar-refractivity contribution in [1.82, 2.24) is 4.98 Å². The van der Waals surface area contributed by atoms with E-state index in [0.29, 0.717) is 11.7 Å². The van der Waals surface area contributed by atoms with Gasteiger partial charge in [-0.15, -0.1) is 29.5 Å². The topological polar surface area (TPSA) is 33.2 Å². The van der Waals surface area contributed by atoms with E-state index in [1.54, 1.807) is 6.08 Å². The summed E-state index contributed by atoms with van der Waals surface area (Å²) in [7, 11) is 0. The van der Waals surface area contributed by atoms with E-state index in [1.165, 1.54) is 16.2 Å². The highest BCUT2D eigenvalue weighted by Gasteiger charge is 2.17. The molecule has 2 aromatic rings. The minimum Gasteiger partial charge on any atom is -0.283 e. The molecule has 0 aliphatic heterocycles. The van der Waals surface area contributed by atoms with Crippen LogP contribution in [-0.4, -0.2) is 23.3 Å². The summed E-state index contributed by atoms with van der Waals surface area (Å²) in [6, 6.07) is 9.84. The molecule has 0 N–H and O–H groups in total. The largest absolute Gasteiger partial charge is 0.283 e. The zero-order chi connectivity index (χ0) is 13.7. The number of anilines is 1. The average molecular weight is 293 g/mol. The van der Waals surface area contributed by atoms with Crippen LogP contribution in [0, 0.1) is 0 Å². The van der Waals surface area contributed by atoms with Gasteiger partial charge in [0, 0.05) is 17.5 Å². The molecule has 19 heavy (non-hydrogen) atoms. The normalized spacial score (nSPS) is 10.2. The standard InChI is InChI=1S/C14H13ClN2OS/c1-2-8-17(13(18)9-15)14-16-12(10-19-14)11-6-4-3-5-7-11/h2-7,10H,1,8-9H2. The second-order valence-electron chi connectivity index (χ2n) is 3.81. The van der Waals surface area contributed by atoms with E-state index >= 15 is 0 Å². The third-order valence-electron chi connectivity index (χ3n) is 2.52. The Bertz CT molecular complexity index is 568. The van der Waals surface area contributed by atoms with Gasteiger partial charge in [-0.3, -0.25) is 9.69 Å². The molecule has 2 rings (SSSR count). The number of hydrogen-bond acceptors (Lipinski definition) is 3. The van der Waals surface area contributed by atoms with Crippen molar-refractivity contribution in [2.45, 2.75) is 0 Å². The number of carbonyl (C=O) groups is 1. The van der Waals surface area contributed by atoms with Gasteiger partial charge in [0.05, 0.1) is 5.69 Å². The number of aromatic nitrogens is 1. The average Bonchev–Trinajstić information content (AvgIpc) is 2.94. The molecule has 0 atom stereocenters. The lowest BCUT2D eigenvalue weighted by Crippen LogP contribution is -2.31. The molecule has 0 unspecified atom stereocenters. The number of thiazole rings is 1. The Balaban J connectivity index is 2.28. The second kappa shape index (κ2) is 6.50. The number of carbonyl (C=O) groups excluding carboxylic acids is 1. The first kappa shape index (κ1) is 13.8. The van der Waals surface area contributed by atoms with E-state index in [1.807, 2.05) is 35.7 Å². The predicted octanol–water partition coefficient (Wildman–Crippen LogP) is 3.57. The van der Waals surface area contributed by atoms with Crippen LogP contribution in [0.25, 0.3) is 11.3 Å². The highest BCUT2D eigenvalue weighted by Crippen LogP contribution is 2.27. The third kappa shape index (κ3) is 3.22. The van der Waals surface area contributed by atoms with Crippen molar-refractivity contribution < 1.29 is 4.79 Å². The Morgan fingerprint density at radius 3 is 2.79 bits per heavy atom. The monoisotopic (exact) mass is 292 g/mol. The van der Waals surface area contributed by atoms with E-state index in [0.717, 1.165) is 11.3 Å². The third-order valence-corrected chi connectivity index (χ3v) is 3.61. The van der Waals surface area contributed by atoms with Gasteiger partial charge in [0.15, 0.2) is 5.13 Å². The molecule has 1 aromatic carbocycles. The highest BCUT2D eigenvalue weighted by atomic mass is 35.5. The van der Waals surface area contributed by atoms with Gasteiger partial charge in [-0.1, -0.05) is 36.4 Å². The van der Waals surface area contributed by atoms with Gasteiger partial charge in [-0.05, 0) is 0 Å². The van der Waals surface area contributed by atoms with Crippen molar-refractivity contribution in [2.75, 3.05) is 17.3 Å². The number of alkyl halides is 1. The van der Waals surface area contributed by atoms with Gasteiger partial charge in [-0.2, -0.15) is 0 Å². The quantitative estimate of drug-likeness (QED) is 0.623. The fraction of sp³-hybridized carbons (Fsp3) is 0.143. The fourth-order valence-electron chi connectivity index (χ4n) is 1.62. The molecule has 1 heterocycles. The first-order chi connectivity index (χ1) is 9.26. The van der Waals surface area contributed by atoms with E-state index in [2.05, 4.69) is 11.6 Å². The molecule has 0 bridgehead atoms. The van der Waals surface area contributed by atoms with Crippen LogP contribution < -0.4 is 4.90 Å². The van der Waals surface area contributed by atoms with Crippen molar-refractivity contribution in [3.05, 3.63) is 48.4 Å². The summed E-state index contributed by atoms with van der Waals surface area (Å²) in [6.07, 6.45) is 1.66. The number of halogens is 1. The summed E-state index contributed by atoms with van der Waals surface area (Å²) in [5, 5.41) is 2.58. The maximum Gasteiger partial charge on any atom is 0.243 e. The first-order valence-corrected chi connectivity index (χ1v) is 7.16. The first-order valence-electron chi connectivity index (χ1n) is 5.74. The maximum atomic E-state index is 11.8. The molecule has 3 nitrogen and oxygen atoms in total. The molecule has 0 fully saturated rings. The summed E-state index contributed by atoms with van der Waals surface area (Å²) in [5.41, 5.74) is 1.89. The number of hydrogen-bond donors (Lipinski definition) is 0. The molecular weight excluding hydrogens is 280 g/mol. The van der Waals surface area contributed by atoms with Gasteiger partial charge in [0.1, 0.15) is 5.88 Å². The number of benzene rings is 1. The Morgan fingerprint density at radius 2 is 2.16 bits per heavy atom. The molecule has 0 saturated carbocycles. The van der Waals surface area contributed by atoms with Crippen LogP contribution in [0.4, 0.5) is 5.13 Å². The molecule has 98 valence electrons. The molecular formula is C14H13ClN2OS. The summed E-state index contributed by atoms with van der Waals surface area (Å²) in [5.74, 6) is -0.232. The van der Waals surface area contributed by atoms with Crippen LogP contribution in [0.2, 0.25) is 0 Å². The molecule has 1 aromatic heterocycles. The second-order valence-corrected chi connectivity index (χ2v) is 4.91. The molecule has 5 heteroatoms. The van der Waals surface area contributed by atoms with E-state index < -0.39 is 0 Å². The number of amides is 1. The van der Waals surface area contributed by atoms with Crippen molar-refractivity contribution in [3.63, 3.8) is 0 Å². The van der Waals surface area contributed by atoms with Gasteiger partial charge >= 0.3 is 0 Å². The summed E-state index contributed by atoms with van der Waals surface area (Å²) >= 11 is 7.03. The van der Waals surface area contributed by atoms with Crippen LogP contribution in [0.3, 0.4) is 0 Å². The molecule has 0 saturated heterocycles.